The Morgan fingerprint density at radius 2 is 1.90 bits per heavy atom. The maximum atomic E-state index is 10.7. The van der Waals surface area contributed by atoms with Gasteiger partial charge in [0.05, 0.1) is 11.0 Å². The molecule has 6 heteroatoms. The summed E-state index contributed by atoms with van der Waals surface area (Å²) < 4.78 is 5.68. The Kier molecular flexibility index (Phi) is 4.36. The SMILES string of the molecule is O=[N+]([O-])c1ccc(N2CCN(CC3CCCO3)CC2)cc1. The Bertz CT molecular complexity index is 477. The van der Waals surface area contributed by atoms with E-state index in [0.717, 1.165) is 45.0 Å². The molecule has 1 aromatic carbocycles. The van der Waals surface area contributed by atoms with Crippen LogP contribution < -0.4 is 4.90 Å². The zero-order chi connectivity index (χ0) is 14.7. The van der Waals surface area contributed by atoms with Gasteiger partial charge in [-0.1, -0.05) is 0 Å². The van der Waals surface area contributed by atoms with Gasteiger partial charge in [-0.2, -0.15) is 0 Å². The van der Waals surface area contributed by atoms with Gasteiger partial charge in [0.1, 0.15) is 0 Å². The molecule has 0 amide bonds. The molecule has 1 atom stereocenters. The van der Waals surface area contributed by atoms with E-state index in [4.69, 9.17) is 4.74 Å². The van der Waals surface area contributed by atoms with Crippen LogP contribution in [0.3, 0.4) is 0 Å². The van der Waals surface area contributed by atoms with Crippen LogP contribution >= 0.6 is 0 Å². The van der Waals surface area contributed by atoms with E-state index in [0.29, 0.717) is 6.10 Å². The lowest BCUT2D eigenvalue weighted by Gasteiger charge is -2.36. The van der Waals surface area contributed by atoms with E-state index in [-0.39, 0.29) is 10.6 Å². The normalized spacial score (nSPS) is 23.4. The van der Waals surface area contributed by atoms with Crippen LogP contribution in [0.15, 0.2) is 24.3 Å². The van der Waals surface area contributed by atoms with Crippen molar-refractivity contribution < 1.29 is 9.66 Å². The fraction of sp³-hybridized carbons (Fsp3) is 0.600. The van der Waals surface area contributed by atoms with Crippen LogP contribution in [0.2, 0.25) is 0 Å². The third-order valence-electron chi connectivity index (χ3n) is 4.28. The molecule has 0 aliphatic carbocycles. The van der Waals surface area contributed by atoms with E-state index in [9.17, 15) is 10.1 Å². The number of hydrogen-bond donors (Lipinski definition) is 0. The standard InChI is InChI=1S/C15H21N3O3/c19-18(20)14-5-3-13(4-6-14)17-9-7-16(8-10-17)12-15-2-1-11-21-15/h3-6,15H,1-2,7-12H2. The van der Waals surface area contributed by atoms with Gasteiger partial charge >= 0.3 is 0 Å². The molecule has 0 spiro atoms. The third-order valence-corrected chi connectivity index (χ3v) is 4.28. The lowest BCUT2D eigenvalue weighted by atomic mass is 10.2. The molecule has 6 nitrogen and oxygen atoms in total. The van der Waals surface area contributed by atoms with E-state index in [1.54, 1.807) is 12.1 Å². The maximum absolute atomic E-state index is 10.7. The summed E-state index contributed by atoms with van der Waals surface area (Å²) in [7, 11) is 0. The van der Waals surface area contributed by atoms with Crippen molar-refractivity contribution in [2.24, 2.45) is 0 Å². The van der Waals surface area contributed by atoms with Gasteiger partial charge < -0.3 is 9.64 Å². The van der Waals surface area contributed by atoms with Crippen LogP contribution in [0, 0.1) is 10.1 Å². The monoisotopic (exact) mass is 291 g/mol. The average Bonchev–Trinajstić information content (AvgIpc) is 3.01. The summed E-state index contributed by atoms with van der Waals surface area (Å²) in [5.41, 5.74) is 1.22. The zero-order valence-electron chi connectivity index (χ0n) is 12.1. The zero-order valence-corrected chi connectivity index (χ0v) is 12.1. The number of nitro groups is 1. The number of hydrogen-bond acceptors (Lipinski definition) is 5. The molecule has 1 aromatic rings. The molecule has 2 saturated heterocycles. The second-order valence-corrected chi connectivity index (χ2v) is 5.70. The van der Waals surface area contributed by atoms with E-state index < -0.39 is 0 Å². The highest BCUT2D eigenvalue weighted by molar-refractivity contribution is 5.51. The first-order chi connectivity index (χ1) is 10.2. The van der Waals surface area contributed by atoms with Crippen LogP contribution in [-0.4, -0.2) is 55.3 Å². The molecule has 2 fully saturated rings. The summed E-state index contributed by atoms with van der Waals surface area (Å²) in [5, 5.41) is 10.7. The number of ether oxygens (including phenoxy) is 1. The lowest BCUT2D eigenvalue weighted by Crippen LogP contribution is -2.48. The first kappa shape index (κ1) is 14.3. The van der Waals surface area contributed by atoms with E-state index in [1.165, 1.54) is 12.8 Å². The molecule has 2 aliphatic rings. The van der Waals surface area contributed by atoms with Crippen molar-refractivity contribution in [1.29, 1.82) is 0 Å². The summed E-state index contributed by atoms with van der Waals surface area (Å²) in [4.78, 5) is 15.1. The molecule has 21 heavy (non-hydrogen) atoms. The Morgan fingerprint density at radius 1 is 1.19 bits per heavy atom. The summed E-state index contributed by atoms with van der Waals surface area (Å²) in [6.45, 7) is 5.92. The van der Waals surface area contributed by atoms with Gasteiger partial charge in [-0.25, -0.2) is 0 Å². The number of non-ortho nitro benzene ring substituents is 1. The second-order valence-electron chi connectivity index (χ2n) is 5.70. The van der Waals surface area contributed by atoms with Crippen molar-refractivity contribution >= 4 is 11.4 Å². The molecule has 114 valence electrons. The summed E-state index contributed by atoms with van der Waals surface area (Å²) in [5.74, 6) is 0. The molecular weight excluding hydrogens is 270 g/mol. The highest BCUT2D eigenvalue weighted by atomic mass is 16.6. The minimum Gasteiger partial charge on any atom is -0.377 e. The van der Waals surface area contributed by atoms with Gasteiger partial charge in [0.15, 0.2) is 0 Å². The number of benzene rings is 1. The predicted octanol–water partition coefficient (Wildman–Crippen LogP) is 1.90. The van der Waals surface area contributed by atoms with Gasteiger partial charge in [0, 0.05) is 57.2 Å². The Labute approximate surface area is 124 Å². The number of rotatable bonds is 4. The number of nitrogens with zero attached hydrogens (tertiary/aromatic N) is 3. The van der Waals surface area contributed by atoms with Gasteiger partial charge in [-0.05, 0) is 25.0 Å². The predicted molar refractivity (Wildman–Crippen MR) is 80.7 cm³/mol. The van der Waals surface area contributed by atoms with E-state index in [1.807, 2.05) is 12.1 Å². The lowest BCUT2D eigenvalue weighted by molar-refractivity contribution is -0.384. The fourth-order valence-electron chi connectivity index (χ4n) is 3.05. The van der Waals surface area contributed by atoms with Crippen LogP contribution in [0.5, 0.6) is 0 Å². The van der Waals surface area contributed by atoms with Crippen LogP contribution in [0.25, 0.3) is 0 Å². The van der Waals surface area contributed by atoms with Crippen molar-refractivity contribution in [3.8, 4) is 0 Å². The Morgan fingerprint density at radius 3 is 2.48 bits per heavy atom. The van der Waals surface area contributed by atoms with Crippen molar-refractivity contribution in [2.45, 2.75) is 18.9 Å². The molecule has 0 N–H and O–H groups in total. The smallest absolute Gasteiger partial charge is 0.269 e. The Balaban J connectivity index is 1.51. The quantitative estimate of drug-likeness (QED) is 0.626. The van der Waals surface area contributed by atoms with Crippen molar-refractivity contribution in [2.75, 3.05) is 44.2 Å². The van der Waals surface area contributed by atoms with E-state index in [2.05, 4.69) is 9.80 Å². The molecule has 3 rings (SSSR count). The average molecular weight is 291 g/mol. The highest BCUT2D eigenvalue weighted by Crippen LogP contribution is 2.21. The molecular formula is C15H21N3O3. The fourth-order valence-corrected chi connectivity index (χ4v) is 3.05. The summed E-state index contributed by atoms with van der Waals surface area (Å²) in [6.07, 6.45) is 2.78. The Hall–Kier alpha value is -1.66. The first-order valence-corrected chi connectivity index (χ1v) is 7.56. The number of nitro benzene ring substituents is 1. The third kappa shape index (κ3) is 3.51. The minimum atomic E-state index is -0.358. The summed E-state index contributed by atoms with van der Waals surface area (Å²) >= 11 is 0. The largest absolute Gasteiger partial charge is 0.377 e. The molecule has 0 bridgehead atoms. The summed E-state index contributed by atoms with van der Waals surface area (Å²) in [6, 6.07) is 6.84. The van der Waals surface area contributed by atoms with Gasteiger partial charge in [0.25, 0.3) is 5.69 Å². The van der Waals surface area contributed by atoms with Crippen molar-refractivity contribution in [3.05, 3.63) is 34.4 Å². The van der Waals surface area contributed by atoms with Crippen molar-refractivity contribution in [1.82, 2.24) is 4.90 Å². The van der Waals surface area contributed by atoms with E-state index >= 15 is 0 Å². The van der Waals surface area contributed by atoms with Gasteiger partial charge in [-0.15, -0.1) is 0 Å². The first-order valence-electron chi connectivity index (χ1n) is 7.56. The highest BCUT2D eigenvalue weighted by Gasteiger charge is 2.23. The number of piperazine rings is 1. The number of anilines is 1. The molecule has 0 saturated carbocycles. The molecule has 2 aliphatic heterocycles. The second kappa shape index (κ2) is 6.41. The van der Waals surface area contributed by atoms with Crippen LogP contribution in [0.4, 0.5) is 11.4 Å². The maximum Gasteiger partial charge on any atom is 0.269 e. The van der Waals surface area contributed by atoms with Crippen LogP contribution in [-0.2, 0) is 4.74 Å². The van der Waals surface area contributed by atoms with Crippen molar-refractivity contribution in [3.63, 3.8) is 0 Å². The van der Waals surface area contributed by atoms with Crippen LogP contribution in [0.1, 0.15) is 12.8 Å². The molecule has 2 heterocycles. The van der Waals surface area contributed by atoms with Gasteiger partial charge in [0.2, 0.25) is 0 Å². The molecule has 0 aromatic heterocycles. The van der Waals surface area contributed by atoms with Gasteiger partial charge in [-0.3, -0.25) is 15.0 Å². The molecule has 1 unspecified atom stereocenters. The topological polar surface area (TPSA) is 58.9 Å². The minimum absolute atomic E-state index is 0.149. The molecule has 0 radical (unpaired) electrons.